The normalized spacial score (nSPS) is 14.9. The van der Waals surface area contributed by atoms with Gasteiger partial charge in [-0.25, -0.2) is 9.37 Å². The zero-order valence-corrected chi connectivity index (χ0v) is 11.8. The summed E-state index contributed by atoms with van der Waals surface area (Å²) in [5.74, 6) is -0.978. The number of halogens is 1. The molecule has 0 atom stereocenters. The van der Waals surface area contributed by atoms with Crippen molar-refractivity contribution in [2.45, 2.75) is 13.0 Å². The molecule has 0 spiro atoms. The van der Waals surface area contributed by atoms with Crippen LogP contribution in [-0.2, 0) is 13.0 Å². The first-order valence-electron chi connectivity index (χ1n) is 6.36. The number of nitrogens with one attached hydrogen (secondary N) is 1. The molecule has 0 unspecified atom stereocenters. The Morgan fingerprint density at radius 3 is 3.05 bits per heavy atom. The Labute approximate surface area is 120 Å². The van der Waals surface area contributed by atoms with E-state index in [1.165, 1.54) is 28.3 Å². The summed E-state index contributed by atoms with van der Waals surface area (Å²) in [6.45, 7) is 1.82. The molecule has 1 aliphatic rings. The topological polar surface area (TPSA) is 45.2 Å². The molecule has 2 aromatic rings. The van der Waals surface area contributed by atoms with Gasteiger partial charge in [0.1, 0.15) is 5.82 Å². The standard InChI is InChI=1S/C14H14FN3OS/c1-18-7-6-11-12(8-18)20-14(16-11)17-13(19)9-4-2-3-5-10(9)15/h2-5H,6-8H2,1H3,(H,16,17,19). The third-order valence-corrected chi connectivity index (χ3v) is 4.26. The first kappa shape index (κ1) is 13.2. The summed E-state index contributed by atoms with van der Waals surface area (Å²) >= 11 is 1.46. The second-order valence-electron chi connectivity index (χ2n) is 4.81. The van der Waals surface area contributed by atoms with Gasteiger partial charge < -0.3 is 4.90 Å². The number of amides is 1. The third-order valence-electron chi connectivity index (χ3n) is 3.26. The Hall–Kier alpha value is -1.79. The Kier molecular flexibility index (Phi) is 3.50. The number of carbonyl (C=O) groups excluding carboxylic acids is 1. The van der Waals surface area contributed by atoms with Crippen LogP contribution in [0.2, 0.25) is 0 Å². The highest BCUT2D eigenvalue weighted by atomic mass is 32.1. The van der Waals surface area contributed by atoms with Crippen LogP contribution in [0.4, 0.5) is 9.52 Å². The van der Waals surface area contributed by atoms with Gasteiger partial charge in [-0.15, -0.1) is 11.3 Å². The van der Waals surface area contributed by atoms with Gasteiger partial charge in [0.15, 0.2) is 5.13 Å². The molecule has 1 aromatic carbocycles. The van der Waals surface area contributed by atoms with Gasteiger partial charge in [0.25, 0.3) is 5.91 Å². The Balaban J connectivity index is 1.79. The minimum atomic E-state index is -0.522. The Morgan fingerprint density at radius 2 is 2.25 bits per heavy atom. The number of likely N-dealkylation sites (N-methyl/N-ethyl adjacent to an activating group) is 1. The number of nitrogens with zero attached hydrogens (tertiary/aromatic N) is 2. The highest BCUT2D eigenvalue weighted by Gasteiger charge is 2.20. The van der Waals surface area contributed by atoms with Crippen LogP contribution in [0.15, 0.2) is 24.3 Å². The molecule has 6 heteroatoms. The quantitative estimate of drug-likeness (QED) is 0.924. The maximum absolute atomic E-state index is 13.5. The van der Waals surface area contributed by atoms with E-state index in [2.05, 4.69) is 22.2 Å². The van der Waals surface area contributed by atoms with Crippen LogP contribution in [0.5, 0.6) is 0 Å². The van der Waals surface area contributed by atoms with Crippen molar-refractivity contribution < 1.29 is 9.18 Å². The minimum absolute atomic E-state index is 0.0396. The Bertz CT molecular complexity index is 656. The zero-order valence-electron chi connectivity index (χ0n) is 11.0. The molecule has 2 heterocycles. The zero-order chi connectivity index (χ0) is 14.1. The van der Waals surface area contributed by atoms with Crippen LogP contribution >= 0.6 is 11.3 Å². The van der Waals surface area contributed by atoms with Gasteiger partial charge in [0.05, 0.1) is 11.3 Å². The maximum atomic E-state index is 13.5. The van der Waals surface area contributed by atoms with Crippen molar-refractivity contribution in [3.8, 4) is 0 Å². The maximum Gasteiger partial charge on any atom is 0.260 e. The van der Waals surface area contributed by atoms with E-state index in [1.54, 1.807) is 12.1 Å². The van der Waals surface area contributed by atoms with E-state index >= 15 is 0 Å². The van der Waals surface area contributed by atoms with E-state index in [9.17, 15) is 9.18 Å². The smallest absolute Gasteiger partial charge is 0.260 e. The number of carbonyl (C=O) groups is 1. The van der Waals surface area contributed by atoms with Crippen LogP contribution in [-0.4, -0.2) is 29.4 Å². The average Bonchev–Trinajstić information content (AvgIpc) is 2.80. The molecule has 0 bridgehead atoms. The number of hydrogen-bond donors (Lipinski definition) is 1. The lowest BCUT2D eigenvalue weighted by atomic mass is 10.2. The molecular formula is C14H14FN3OS. The van der Waals surface area contributed by atoms with Gasteiger partial charge in [-0.1, -0.05) is 12.1 Å². The number of fused-ring (bicyclic) bond motifs is 1. The lowest BCUT2D eigenvalue weighted by Crippen LogP contribution is -2.25. The summed E-state index contributed by atoms with van der Waals surface area (Å²) in [6, 6.07) is 5.94. The van der Waals surface area contributed by atoms with Gasteiger partial charge >= 0.3 is 0 Å². The molecule has 0 radical (unpaired) electrons. The average molecular weight is 291 g/mol. The molecule has 0 saturated heterocycles. The van der Waals surface area contributed by atoms with Crippen molar-refractivity contribution in [1.82, 2.24) is 9.88 Å². The van der Waals surface area contributed by atoms with Crippen LogP contribution in [0.25, 0.3) is 0 Å². The third kappa shape index (κ3) is 2.57. The summed E-state index contributed by atoms with van der Waals surface area (Å²) in [7, 11) is 2.06. The van der Waals surface area contributed by atoms with E-state index in [1.807, 2.05) is 0 Å². The van der Waals surface area contributed by atoms with Crippen LogP contribution in [0, 0.1) is 5.82 Å². The second kappa shape index (κ2) is 5.30. The first-order valence-corrected chi connectivity index (χ1v) is 7.18. The monoisotopic (exact) mass is 291 g/mol. The fourth-order valence-corrected chi connectivity index (χ4v) is 3.27. The van der Waals surface area contributed by atoms with Crippen LogP contribution < -0.4 is 5.32 Å². The summed E-state index contributed by atoms with van der Waals surface area (Å²) in [6.07, 6.45) is 0.887. The number of anilines is 1. The fraction of sp³-hybridized carbons (Fsp3) is 0.286. The van der Waals surface area contributed by atoms with Crippen molar-refractivity contribution in [2.24, 2.45) is 0 Å². The number of benzene rings is 1. The fourth-order valence-electron chi connectivity index (χ4n) is 2.19. The molecule has 4 nitrogen and oxygen atoms in total. The molecule has 20 heavy (non-hydrogen) atoms. The molecule has 0 aliphatic carbocycles. The van der Waals surface area contributed by atoms with Crippen molar-refractivity contribution in [1.29, 1.82) is 0 Å². The van der Waals surface area contributed by atoms with E-state index in [0.717, 1.165) is 25.2 Å². The molecule has 104 valence electrons. The molecule has 1 aliphatic heterocycles. The van der Waals surface area contributed by atoms with Crippen molar-refractivity contribution in [3.63, 3.8) is 0 Å². The Morgan fingerprint density at radius 1 is 1.45 bits per heavy atom. The molecule has 0 fully saturated rings. The summed E-state index contributed by atoms with van der Waals surface area (Å²) in [5.41, 5.74) is 1.08. The van der Waals surface area contributed by atoms with Gasteiger partial charge in [-0.05, 0) is 19.2 Å². The van der Waals surface area contributed by atoms with E-state index in [-0.39, 0.29) is 5.56 Å². The molecule has 3 rings (SSSR count). The molecule has 0 saturated carbocycles. The highest BCUT2D eigenvalue weighted by molar-refractivity contribution is 7.15. The lowest BCUT2D eigenvalue weighted by molar-refractivity contribution is 0.102. The number of hydrogen-bond acceptors (Lipinski definition) is 4. The van der Waals surface area contributed by atoms with E-state index in [0.29, 0.717) is 5.13 Å². The van der Waals surface area contributed by atoms with Gasteiger partial charge in [0.2, 0.25) is 0 Å². The summed E-state index contributed by atoms with van der Waals surface area (Å²) in [5, 5.41) is 3.22. The van der Waals surface area contributed by atoms with E-state index in [4.69, 9.17) is 0 Å². The molecule has 1 N–H and O–H groups in total. The van der Waals surface area contributed by atoms with Crippen LogP contribution in [0.1, 0.15) is 20.9 Å². The highest BCUT2D eigenvalue weighted by Crippen LogP contribution is 2.28. The van der Waals surface area contributed by atoms with E-state index < -0.39 is 11.7 Å². The van der Waals surface area contributed by atoms with Gasteiger partial charge in [-0.2, -0.15) is 0 Å². The van der Waals surface area contributed by atoms with Gasteiger partial charge in [-0.3, -0.25) is 10.1 Å². The first-order chi connectivity index (χ1) is 9.63. The minimum Gasteiger partial charge on any atom is -0.301 e. The predicted molar refractivity (Wildman–Crippen MR) is 76.5 cm³/mol. The number of aromatic nitrogens is 1. The van der Waals surface area contributed by atoms with Crippen molar-refractivity contribution in [3.05, 3.63) is 46.2 Å². The van der Waals surface area contributed by atoms with Crippen molar-refractivity contribution >= 4 is 22.4 Å². The second-order valence-corrected chi connectivity index (χ2v) is 5.89. The predicted octanol–water partition coefficient (Wildman–Crippen LogP) is 2.52. The van der Waals surface area contributed by atoms with Crippen LogP contribution in [0.3, 0.4) is 0 Å². The summed E-state index contributed by atoms with van der Waals surface area (Å²) in [4.78, 5) is 19.8. The lowest BCUT2D eigenvalue weighted by Gasteiger charge is -2.20. The van der Waals surface area contributed by atoms with Gasteiger partial charge in [0, 0.05) is 24.4 Å². The number of thiazole rings is 1. The number of rotatable bonds is 2. The summed E-state index contributed by atoms with van der Waals surface area (Å²) < 4.78 is 13.5. The molecular weight excluding hydrogens is 277 g/mol. The van der Waals surface area contributed by atoms with Crippen molar-refractivity contribution in [2.75, 3.05) is 18.9 Å². The largest absolute Gasteiger partial charge is 0.301 e. The molecule has 1 amide bonds. The molecule has 1 aromatic heterocycles. The SMILES string of the molecule is CN1CCc2nc(NC(=O)c3ccccc3F)sc2C1.